The summed E-state index contributed by atoms with van der Waals surface area (Å²) < 4.78 is 31.3. The summed E-state index contributed by atoms with van der Waals surface area (Å²) in [6, 6.07) is 0. The SMILES string of the molecule is CCS(=O)(=O)OC1CC(C(=O)OC)C1. The fourth-order valence-electron chi connectivity index (χ4n) is 1.28. The molecule has 0 aliphatic heterocycles. The lowest BCUT2D eigenvalue weighted by molar-refractivity contribution is -0.151. The second-order valence-corrected chi connectivity index (χ2v) is 5.14. The predicted octanol–water partition coefficient (Wildman–Crippen LogP) is 0.304. The summed E-state index contributed by atoms with van der Waals surface area (Å²) in [6.07, 6.45) is 0.529. The van der Waals surface area contributed by atoms with E-state index in [1.165, 1.54) is 14.0 Å². The molecule has 0 saturated heterocycles. The summed E-state index contributed by atoms with van der Waals surface area (Å²) in [7, 11) is -2.07. The van der Waals surface area contributed by atoms with Crippen molar-refractivity contribution in [2.75, 3.05) is 12.9 Å². The van der Waals surface area contributed by atoms with Gasteiger partial charge in [0.1, 0.15) is 0 Å². The number of carbonyl (C=O) groups excluding carboxylic acids is 1. The number of hydrogen-bond donors (Lipinski definition) is 0. The molecular weight excluding hydrogens is 208 g/mol. The number of methoxy groups -OCH3 is 1. The van der Waals surface area contributed by atoms with Crippen LogP contribution >= 0.6 is 0 Å². The van der Waals surface area contributed by atoms with Gasteiger partial charge >= 0.3 is 5.97 Å². The van der Waals surface area contributed by atoms with Gasteiger partial charge in [-0.1, -0.05) is 0 Å². The van der Waals surface area contributed by atoms with E-state index < -0.39 is 10.1 Å². The summed E-state index contributed by atoms with van der Waals surface area (Å²) in [5.74, 6) is -0.525. The van der Waals surface area contributed by atoms with Crippen molar-refractivity contribution < 1.29 is 22.1 Å². The van der Waals surface area contributed by atoms with Gasteiger partial charge in [-0.3, -0.25) is 8.98 Å². The Labute approximate surface area is 83.5 Å². The molecule has 0 unspecified atom stereocenters. The van der Waals surface area contributed by atoms with E-state index in [9.17, 15) is 13.2 Å². The highest BCUT2D eigenvalue weighted by molar-refractivity contribution is 7.86. The van der Waals surface area contributed by atoms with E-state index >= 15 is 0 Å². The van der Waals surface area contributed by atoms with Crippen LogP contribution in [0.4, 0.5) is 0 Å². The lowest BCUT2D eigenvalue weighted by Crippen LogP contribution is -2.38. The van der Waals surface area contributed by atoms with E-state index in [-0.39, 0.29) is 23.7 Å². The van der Waals surface area contributed by atoms with Crippen molar-refractivity contribution in [2.45, 2.75) is 25.9 Å². The number of rotatable bonds is 4. The van der Waals surface area contributed by atoms with Crippen LogP contribution in [-0.2, 0) is 23.8 Å². The third kappa shape index (κ3) is 2.68. The van der Waals surface area contributed by atoms with Gasteiger partial charge in [0.05, 0.1) is 24.9 Å². The number of esters is 1. The van der Waals surface area contributed by atoms with Crippen molar-refractivity contribution in [1.29, 1.82) is 0 Å². The quantitative estimate of drug-likeness (QED) is 0.505. The smallest absolute Gasteiger partial charge is 0.308 e. The van der Waals surface area contributed by atoms with Crippen LogP contribution in [0.15, 0.2) is 0 Å². The first-order chi connectivity index (χ1) is 6.48. The van der Waals surface area contributed by atoms with E-state index in [4.69, 9.17) is 4.18 Å². The molecular formula is C8H14O5S. The molecule has 0 heterocycles. The summed E-state index contributed by atoms with van der Waals surface area (Å²) in [5.41, 5.74) is 0. The molecule has 0 atom stereocenters. The van der Waals surface area contributed by atoms with Gasteiger partial charge in [-0.2, -0.15) is 8.42 Å². The molecule has 0 aromatic heterocycles. The maximum atomic E-state index is 11.0. The van der Waals surface area contributed by atoms with Gasteiger partial charge in [0.15, 0.2) is 0 Å². The van der Waals surface area contributed by atoms with Crippen LogP contribution in [0.3, 0.4) is 0 Å². The second-order valence-electron chi connectivity index (χ2n) is 3.26. The first kappa shape index (κ1) is 11.5. The number of hydrogen-bond acceptors (Lipinski definition) is 5. The molecule has 1 fully saturated rings. The van der Waals surface area contributed by atoms with E-state index in [1.807, 2.05) is 0 Å². The van der Waals surface area contributed by atoms with E-state index in [0.717, 1.165) is 0 Å². The van der Waals surface area contributed by atoms with Crippen molar-refractivity contribution in [1.82, 2.24) is 0 Å². The third-order valence-electron chi connectivity index (χ3n) is 2.27. The Morgan fingerprint density at radius 1 is 1.43 bits per heavy atom. The van der Waals surface area contributed by atoms with Gasteiger partial charge in [0, 0.05) is 0 Å². The largest absolute Gasteiger partial charge is 0.469 e. The normalized spacial score (nSPS) is 26.7. The summed E-state index contributed by atoms with van der Waals surface area (Å²) in [5, 5.41) is 0. The molecule has 0 amide bonds. The Bertz CT molecular complexity index is 302. The van der Waals surface area contributed by atoms with Gasteiger partial charge < -0.3 is 4.74 Å². The Hall–Kier alpha value is -0.620. The molecule has 14 heavy (non-hydrogen) atoms. The van der Waals surface area contributed by atoms with Crippen LogP contribution in [0, 0.1) is 5.92 Å². The molecule has 6 heteroatoms. The zero-order valence-electron chi connectivity index (χ0n) is 8.23. The molecule has 0 radical (unpaired) electrons. The van der Waals surface area contributed by atoms with Crippen molar-refractivity contribution in [3.63, 3.8) is 0 Å². The van der Waals surface area contributed by atoms with Gasteiger partial charge in [-0.15, -0.1) is 0 Å². The van der Waals surface area contributed by atoms with Gasteiger partial charge in [-0.05, 0) is 19.8 Å². The minimum atomic E-state index is -3.39. The fraction of sp³-hybridized carbons (Fsp3) is 0.875. The minimum Gasteiger partial charge on any atom is -0.469 e. The predicted molar refractivity (Wildman–Crippen MR) is 49.1 cm³/mol. The molecule has 0 spiro atoms. The maximum Gasteiger partial charge on any atom is 0.308 e. The van der Waals surface area contributed by atoms with Crippen LogP contribution < -0.4 is 0 Å². The number of carbonyl (C=O) groups is 1. The molecule has 1 rings (SSSR count). The zero-order valence-corrected chi connectivity index (χ0v) is 9.04. The molecule has 1 saturated carbocycles. The lowest BCUT2D eigenvalue weighted by atomic mass is 9.83. The highest BCUT2D eigenvalue weighted by atomic mass is 32.2. The standard InChI is InChI=1S/C8H14O5S/c1-3-14(10,11)13-7-4-6(5-7)8(9)12-2/h6-7H,3-5H2,1-2H3. The van der Waals surface area contributed by atoms with E-state index in [0.29, 0.717) is 12.8 Å². The van der Waals surface area contributed by atoms with Gasteiger partial charge in [0.2, 0.25) is 0 Å². The summed E-state index contributed by atoms with van der Waals surface area (Å²) >= 11 is 0. The Morgan fingerprint density at radius 2 is 2.00 bits per heavy atom. The Kier molecular flexibility index (Phi) is 3.49. The molecule has 0 N–H and O–H groups in total. The molecule has 0 aromatic carbocycles. The maximum absolute atomic E-state index is 11.0. The fourth-order valence-corrected chi connectivity index (χ4v) is 1.99. The van der Waals surface area contributed by atoms with Crippen LogP contribution in [-0.4, -0.2) is 33.4 Å². The summed E-state index contributed by atoms with van der Waals surface area (Å²) in [4.78, 5) is 10.9. The first-order valence-corrected chi connectivity index (χ1v) is 6.05. The lowest BCUT2D eigenvalue weighted by Gasteiger charge is -2.31. The average Bonchev–Trinajstić information content (AvgIpc) is 2.09. The molecule has 1 aliphatic carbocycles. The summed E-state index contributed by atoms with van der Waals surface area (Å²) in [6.45, 7) is 1.52. The minimum absolute atomic E-state index is 0.0353. The van der Waals surface area contributed by atoms with Crippen molar-refractivity contribution in [2.24, 2.45) is 5.92 Å². The van der Waals surface area contributed by atoms with Crippen LogP contribution in [0.25, 0.3) is 0 Å². The highest BCUT2D eigenvalue weighted by Crippen LogP contribution is 2.32. The molecule has 82 valence electrons. The van der Waals surface area contributed by atoms with Crippen molar-refractivity contribution in [3.8, 4) is 0 Å². The molecule has 0 aromatic rings. The average molecular weight is 222 g/mol. The number of ether oxygens (including phenoxy) is 1. The van der Waals surface area contributed by atoms with Crippen molar-refractivity contribution >= 4 is 16.1 Å². The Balaban J connectivity index is 2.32. The monoisotopic (exact) mass is 222 g/mol. The van der Waals surface area contributed by atoms with E-state index in [2.05, 4.69) is 4.74 Å². The third-order valence-corrected chi connectivity index (χ3v) is 3.54. The molecule has 5 nitrogen and oxygen atoms in total. The first-order valence-electron chi connectivity index (χ1n) is 4.47. The highest BCUT2D eigenvalue weighted by Gasteiger charge is 2.38. The van der Waals surface area contributed by atoms with Crippen LogP contribution in [0.2, 0.25) is 0 Å². The molecule has 1 aliphatic rings. The van der Waals surface area contributed by atoms with Crippen molar-refractivity contribution in [3.05, 3.63) is 0 Å². The van der Waals surface area contributed by atoms with Crippen LogP contribution in [0.5, 0.6) is 0 Å². The molecule has 0 bridgehead atoms. The topological polar surface area (TPSA) is 69.7 Å². The van der Waals surface area contributed by atoms with Gasteiger partial charge in [-0.25, -0.2) is 0 Å². The second kappa shape index (κ2) is 4.27. The van der Waals surface area contributed by atoms with Gasteiger partial charge in [0.25, 0.3) is 10.1 Å². The Morgan fingerprint density at radius 3 is 2.43 bits per heavy atom. The van der Waals surface area contributed by atoms with Crippen LogP contribution in [0.1, 0.15) is 19.8 Å². The van der Waals surface area contributed by atoms with E-state index in [1.54, 1.807) is 0 Å². The zero-order chi connectivity index (χ0) is 10.8.